The highest BCUT2D eigenvalue weighted by atomic mass is 32.2. The Labute approximate surface area is 144 Å². The summed E-state index contributed by atoms with van der Waals surface area (Å²) in [7, 11) is 0. The van der Waals surface area contributed by atoms with Gasteiger partial charge in [-0.15, -0.1) is 10.2 Å². The molecule has 0 aliphatic heterocycles. The Hall–Kier alpha value is -1.90. The van der Waals surface area contributed by atoms with E-state index in [4.69, 9.17) is 10.3 Å². The summed E-state index contributed by atoms with van der Waals surface area (Å²) < 4.78 is 7.28. The number of carbonyl (C=O) groups is 1. The largest absolute Gasteiger partial charge is 0.370 e. The highest BCUT2D eigenvalue weighted by Crippen LogP contribution is 2.40. The molecule has 2 heterocycles. The third-order valence-corrected chi connectivity index (χ3v) is 4.81. The molecule has 0 spiro atoms. The van der Waals surface area contributed by atoms with Crippen LogP contribution in [0.4, 0.5) is 0 Å². The molecule has 24 heavy (non-hydrogen) atoms. The monoisotopic (exact) mass is 350 g/mol. The summed E-state index contributed by atoms with van der Waals surface area (Å²) in [6.45, 7) is 2.65. The zero-order valence-corrected chi connectivity index (χ0v) is 14.6. The van der Waals surface area contributed by atoms with E-state index in [0.29, 0.717) is 24.1 Å². The van der Waals surface area contributed by atoms with Gasteiger partial charge in [-0.3, -0.25) is 4.79 Å². The van der Waals surface area contributed by atoms with Crippen molar-refractivity contribution in [2.75, 3.05) is 0 Å². The second-order valence-electron chi connectivity index (χ2n) is 5.98. The van der Waals surface area contributed by atoms with E-state index in [1.165, 1.54) is 11.8 Å². The number of thioether (sulfide) groups is 1. The van der Waals surface area contributed by atoms with E-state index in [2.05, 4.69) is 27.3 Å². The van der Waals surface area contributed by atoms with Gasteiger partial charge >= 0.3 is 0 Å². The fraction of sp³-hybridized carbons (Fsp3) is 0.667. The van der Waals surface area contributed by atoms with Crippen molar-refractivity contribution < 1.29 is 9.32 Å². The molecule has 2 N–H and O–H groups in total. The van der Waals surface area contributed by atoms with Crippen LogP contribution in [0.15, 0.2) is 9.68 Å². The van der Waals surface area contributed by atoms with Gasteiger partial charge in [0.05, 0.1) is 5.75 Å². The average Bonchev–Trinajstić information content (AvgIpc) is 3.17. The molecule has 0 atom stereocenters. The number of hydrogen-bond donors (Lipinski definition) is 1. The van der Waals surface area contributed by atoms with Crippen LogP contribution in [0.1, 0.15) is 62.5 Å². The normalized spacial score (nSPS) is 14.2. The number of primary amides is 1. The van der Waals surface area contributed by atoms with E-state index in [1.807, 2.05) is 4.57 Å². The van der Waals surface area contributed by atoms with Crippen LogP contribution in [0.25, 0.3) is 0 Å². The number of unbranched alkanes of at least 4 members (excludes halogenated alkanes) is 1. The highest BCUT2D eigenvalue weighted by Gasteiger charge is 2.30. The first kappa shape index (κ1) is 16.9. The Morgan fingerprint density at radius 2 is 2.25 bits per heavy atom. The summed E-state index contributed by atoms with van der Waals surface area (Å²) in [5.74, 6) is 2.97. The lowest BCUT2D eigenvalue weighted by molar-refractivity contribution is -0.118. The molecule has 0 bridgehead atoms. The molecule has 0 radical (unpaired) electrons. The molecule has 1 saturated carbocycles. The van der Waals surface area contributed by atoms with E-state index in [0.717, 1.165) is 48.9 Å². The lowest BCUT2D eigenvalue weighted by atomic mass is 10.2. The Bertz CT molecular complexity index is 694. The van der Waals surface area contributed by atoms with Gasteiger partial charge < -0.3 is 14.8 Å². The maximum atomic E-state index is 11.1. The van der Waals surface area contributed by atoms with Gasteiger partial charge in [-0.1, -0.05) is 30.3 Å². The maximum absolute atomic E-state index is 11.1. The van der Waals surface area contributed by atoms with E-state index < -0.39 is 0 Å². The van der Waals surface area contributed by atoms with Crippen LogP contribution in [-0.4, -0.2) is 30.8 Å². The number of nitrogens with two attached hydrogens (primary N) is 1. The number of hydrogen-bond acceptors (Lipinski definition) is 7. The molecule has 8 nitrogen and oxygen atoms in total. The van der Waals surface area contributed by atoms with Crippen molar-refractivity contribution in [1.82, 2.24) is 24.9 Å². The minimum Gasteiger partial charge on any atom is -0.370 e. The molecule has 1 fully saturated rings. The van der Waals surface area contributed by atoms with Crippen LogP contribution in [0, 0.1) is 0 Å². The summed E-state index contributed by atoms with van der Waals surface area (Å²) in [5, 5.41) is 13.3. The number of aryl methyl sites for hydroxylation is 1. The van der Waals surface area contributed by atoms with Gasteiger partial charge in [0.1, 0.15) is 5.82 Å². The zero-order valence-electron chi connectivity index (χ0n) is 13.8. The van der Waals surface area contributed by atoms with Crippen molar-refractivity contribution in [3.05, 3.63) is 17.5 Å². The quantitative estimate of drug-likeness (QED) is 0.652. The topological polar surface area (TPSA) is 113 Å². The van der Waals surface area contributed by atoms with E-state index in [1.54, 1.807) is 0 Å². The highest BCUT2D eigenvalue weighted by molar-refractivity contribution is 7.98. The van der Waals surface area contributed by atoms with Gasteiger partial charge in [0, 0.05) is 25.3 Å². The zero-order chi connectivity index (χ0) is 16.9. The summed E-state index contributed by atoms with van der Waals surface area (Å²) in [5.41, 5.74) is 5.28. The smallest absolute Gasteiger partial charge is 0.237 e. The average molecular weight is 350 g/mol. The lowest BCUT2D eigenvalue weighted by Crippen LogP contribution is -2.15. The molecule has 1 aliphatic rings. The molecule has 0 saturated heterocycles. The van der Waals surface area contributed by atoms with Gasteiger partial charge in [-0.05, 0) is 19.3 Å². The van der Waals surface area contributed by atoms with Gasteiger partial charge in [-0.2, -0.15) is 4.98 Å². The third-order valence-electron chi connectivity index (χ3n) is 3.86. The molecule has 1 amide bonds. The summed E-state index contributed by atoms with van der Waals surface area (Å²) >= 11 is 1.50. The van der Waals surface area contributed by atoms with Crippen molar-refractivity contribution in [3.8, 4) is 0 Å². The summed E-state index contributed by atoms with van der Waals surface area (Å²) in [6.07, 6.45) is 5.54. The Morgan fingerprint density at radius 3 is 2.96 bits per heavy atom. The third kappa shape index (κ3) is 4.34. The van der Waals surface area contributed by atoms with Gasteiger partial charge in [0.2, 0.25) is 11.8 Å². The van der Waals surface area contributed by atoms with Crippen molar-refractivity contribution in [2.45, 2.75) is 68.8 Å². The van der Waals surface area contributed by atoms with Crippen LogP contribution in [0.2, 0.25) is 0 Å². The number of amides is 1. The molecule has 2 aromatic heterocycles. The molecule has 1 aliphatic carbocycles. The van der Waals surface area contributed by atoms with Crippen LogP contribution in [0.5, 0.6) is 0 Å². The fourth-order valence-electron chi connectivity index (χ4n) is 2.39. The molecule has 0 aromatic carbocycles. The lowest BCUT2D eigenvalue weighted by Gasteiger charge is -2.07. The molecule has 130 valence electrons. The predicted molar refractivity (Wildman–Crippen MR) is 88.3 cm³/mol. The van der Waals surface area contributed by atoms with Crippen LogP contribution in [-0.2, 0) is 23.5 Å². The number of nitrogens with zero attached hydrogens (tertiary/aromatic N) is 5. The first-order valence-electron chi connectivity index (χ1n) is 8.33. The van der Waals surface area contributed by atoms with Gasteiger partial charge in [0.25, 0.3) is 0 Å². The van der Waals surface area contributed by atoms with E-state index in [9.17, 15) is 4.79 Å². The Morgan fingerprint density at radius 1 is 1.42 bits per heavy atom. The summed E-state index contributed by atoms with van der Waals surface area (Å²) in [6, 6.07) is 0. The Kier molecular flexibility index (Phi) is 5.49. The molecule has 2 aromatic rings. The molecular formula is C15H22N6O2S. The molecule has 9 heteroatoms. The number of carbonyl (C=O) groups excluding carboxylic acids is 1. The molecule has 3 rings (SSSR count). The van der Waals surface area contributed by atoms with Crippen LogP contribution >= 0.6 is 11.8 Å². The summed E-state index contributed by atoms with van der Waals surface area (Å²) in [4.78, 5) is 15.5. The first-order valence-corrected chi connectivity index (χ1v) is 9.31. The van der Waals surface area contributed by atoms with Gasteiger partial charge in [0.15, 0.2) is 11.0 Å². The minimum absolute atomic E-state index is 0.285. The maximum Gasteiger partial charge on any atom is 0.237 e. The predicted octanol–water partition coefficient (Wildman–Crippen LogP) is 2.05. The first-order chi connectivity index (χ1) is 11.7. The number of aromatic nitrogens is 5. The SMILES string of the molecule is CCCCc1noc(CSc2nnc(C3CC3)n2CCC(N)=O)n1. The standard InChI is InChI=1S/C15H22N6O2S/c1-2-3-4-12-17-13(23-20-12)9-24-15-19-18-14(10-5-6-10)21(15)8-7-11(16)22/h10H,2-9H2,1H3,(H2,16,22). The minimum atomic E-state index is -0.320. The van der Waals surface area contributed by atoms with Crippen molar-refractivity contribution in [2.24, 2.45) is 5.73 Å². The van der Waals surface area contributed by atoms with Gasteiger partial charge in [-0.25, -0.2) is 0 Å². The second-order valence-corrected chi connectivity index (χ2v) is 6.92. The molecule has 0 unspecified atom stereocenters. The van der Waals surface area contributed by atoms with Crippen molar-refractivity contribution >= 4 is 17.7 Å². The van der Waals surface area contributed by atoms with Crippen LogP contribution in [0.3, 0.4) is 0 Å². The Balaban J connectivity index is 1.63. The fourth-order valence-corrected chi connectivity index (χ4v) is 3.20. The van der Waals surface area contributed by atoms with E-state index >= 15 is 0 Å². The van der Waals surface area contributed by atoms with E-state index in [-0.39, 0.29) is 12.3 Å². The van der Waals surface area contributed by atoms with Crippen molar-refractivity contribution in [1.29, 1.82) is 0 Å². The number of rotatable bonds is 10. The van der Waals surface area contributed by atoms with Crippen molar-refractivity contribution in [3.63, 3.8) is 0 Å². The second kappa shape index (κ2) is 7.78. The molecular weight excluding hydrogens is 328 g/mol. The van der Waals surface area contributed by atoms with Crippen LogP contribution < -0.4 is 5.73 Å².